The van der Waals surface area contributed by atoms with Crippen molar-refractivity contribution in [2.45, 2.75) is 61.3 Å². The van der Waals surface area contributed by atoms with Gasteiger partial charge in [0, 0.05) is 0 Å². The second-order valence-electron chi connectivity index (χ2n) is 7.26. The summed E-state index contributed by atoms with van der Waals surface area (Å²) < 4.78 is 0. The molecule has 1 aliphatic rings. The molecule has 0 nitrogen and oxygen atoms in total. The molecular weight excluding hydrogens is 180 g/mol. The first-order valence-electron chi connectivity index (χ1n) is 6.15. The van der Waals surface area contributed by atoms with E-state index in [0.29, 0.717) is 16.2 Å². The van der Waals surface area contributed by atoms with E-state index in [9.17, 15) is 0 Å². The van der Waals surface area contributed by atoms with Crippen LogP contribution in [0.5, 0.6) is 0 Å². The molecule has 15 heavy (non-hydrogen) atoms. The fourth-order valence-corrected chi connectivity index (χ4v) is 3.11. The minimum Gasteiger partial charge on any atom is -0.103 e. The van der Waals surface area contributed by atoms with Gasteiger partial charge < -0.3 is 0 Å². The average Bonchev–Trinajstić information content (AvgIpc) is 2.11. The van der Waals surface area contributed by atoms with E-state index in [1.807, 2.05) is 0 Å². The van der Waals surface area contributed by atoms with Gasteiger partial charge in [-0.3, -0.25) is 0 Å². The van der Waals surface area contributed by atoms with Crippen molar-refractivity contribution in [3.63, 3.8) is 0 Å². The largest absolute Gasteiger partial charge is 0.103 e. The Morgan fingerprint density at radius 1 is 0.800 bits per heavy atom. The summed E-state index contributed by atoms with van der Waals surface area (Å²) in [6.07, 6.45) is 4.75. The van der Waals surface area contributed by atoms with Crippen LogP contribution in [0.1, 0.15) is 61.3 Å². The van der Waals surface area contributed by atoms with E-state index in [4.69, 9.17) is 0 Å². The van der Waals surface area contributed by atoms with Crippen molar-refractivity contribution < 1.29 is 0 Å². The first-order chi connectivity index (χ1) is 6.52. The summed E-state index contributed by atoms with van der Waals surface area (Å²) in [6.45, 7) is 20.9. The molecule has 1 atom stereocenters. The number of allylic oxidation sites excluding steroid dienone is 1. The average molecular weight is 208 g/mol. The maximum atomic E-state index is 4.07. The van der Waals surface area contributed by atoms with Crippen LogP contribution in [0.25, 0.3) is 0 Å². The normalized spacial score (nSPS) is 37.3. The summed E-state index contributed by atoms with van der Waals surface area (Å²) in [7, 11) is 0. The molecule has 1 aliphatic carbocycles. The smallest absolute Gasteiger partial charge is 0.00926 e. The van der Waals surface area contributed by atoms with Crippen LogP contribution in [0.2, 0.25) is 0 Å². The lowest BCUT2D eigenvalue weighted by molar-refractivity contribution is -0.131. The van der Waals surface area contributed by atoms with Crippen LogP contribution in [-0.4, -0.2) is 0 Å². The molecule has 0 spiro atoms. The maximum absolute atomic E-state index is 4.07. The van der Waals surface area contributed by atoms with Crippen molar-refractivity contribution in [2.24, 2.45) is 21.7 Å². The molecule has 1 rings (SSSR count). The monoisotopic (exact) mass is 208 g/mol. The van der Waals surface area contributed by atoms with Gasteiger partial charge in [-0.25, -0.2) is 0 Å². The molecular formula is C15H28. The van der Waals surface area contributed by atoms with Gasteiger partial charge in [0.05, 0.1) is 0 Å². The van der Waals surface area contributed by atoms with Crippen molar-refractivity contribution >= 4 is 0 Å². The van der Waals surface area contributed by atoms with E-state index in [2.05, 4.69) is 61.1 Å². The highest BCUT2D eigenvalue weighted by Crippen LogP contribution is 2.66. The standard InChI is InChI=1S/C15H28/c1-9-15(8)11-10-12(2,3)13(4,5)14(15,6)7/h9H,1,10-11H2,2-8H3. The summed E-state index contributed by atoms with van der Waals surface area (Å²) in [5.74, 6) is 0. The maximum Gasteiger partial charge on any atom is -0.00926 e. The van der Waals surface area contributed by atoms with E-state index in [0.717, 1.165) is 0 Å². The van der Waals surface area contributed by atoms with Crippen LogP contribution in [0.15, 0.2) is 12.7 Å². The Morgan fingerprint density at radius 3 is 1.67 bits per heavy atom. The van der Waals surface area contributed by atoms with E-state index in [-0.39, 0.29) is 5.41 Å². The van der Waals surface area contributed by atoms with Gasteiger partial charge in [-0.15, -0.1) is 6.58 Å². The molecule has 0 aromatic rings. The van der Waals surface area contributed by atoms with Crippen molar-refractivity contribution in [3.8, 4) is 0 Å². The Morgan fingerprint density at radius 2 is 1.27 bits per heavy atom. The van der Waals surface area contributed by atoms with Gasteiger partial charge in [0.2, 0.25) is 0 Å². The molecule has 1 unspecified atom stereocenters. The molecule has 0 saturated heterocycles. The Bertz CT molecular complexity index is 268. The van der Waals surface area contributed by atoms with Crippen molar-refractivity contribution in [2.75, 3.05) is 0 Å². The second kappa shape index (κ2) is 3.12. The van der Waals surface area contributed by atoms with E-state index in [1.165, 1.54) is 12.8 Å². The third kappa shape index (κ3) is 1.40. The molecule has 0 N–H and O–H groups in total. The third-order valence-corrected chi connectivity index (χ3v) is 6.40. The molecule has 1 saturated carbocycles. The van der Waals surface area contributed by atoms with E-state index >= 15 is 0 Å². The fourth-order valence-electron chi connectivity index (χ4n) is 3.11. The zero-order valence-corrected chi connectivity index (χ0v) is 11.7. The van der Waals surface area contributed by atoms with Crippen molar-refractivity contribution in [1.29, 1.82) is 0 Å². The molecule has 0 radical (unpaired) electrons. The SMILES string of the molecule is C=CC1(C)CCC(C)(C)C(C)(C)C1(C)C. The molecule has 0 bridgehead atoms. The number of hydrogen-bond donors (Lipinski definition) is 0. The lowest BCUT2D eigenvalue weighted by Crippen LogP contribution is -2.56. The van der Waals surface area contributed by atoms with Gasteiger partial charge in [0.25, 0.3) is 0 Å². The number of hydrogen-bond acceptors (Lipinski definition) is 0. The lowest BCUT2D eigenvalue weighted by atomic mass is 9.41. The van der Waals surface area contributed by atoms with Gasteiger partial charge in [-0.05, 0) is 34.5 Å². The predicted octanol–water partition coefficient (Wildman–Crippen LogP) is 5.05. The highest BCUT2D eigenvalue weighted by Gasteiger charge is 2.58. The van der Waals surface area contributed by atoms with Gasteiger partial charge in [-0.1, -0.05) is 54.5 Å². The zero-order chi connectivity index (χ0) is 12.1. The topological polar surface area (TPSA) is 0 Å². The Labute approximate surface area is 96.2 Å². The second-order valence-corrected chi connectivity index (χ2v) is 7.26. The predicted molar refractivity (Wildman–Crippen MR) is 68.9 cm³/mol. The minimum atomic E-state index is 0.270. The van der Waals surface area contributed by atoms with Gasteiger partial charge in [-0.2, -0.15) is 0 Å². The summed E-state index contributed by atoms with van der Waals surface area (Å²) in [4.78, 5) is 0. The quantitative estimate of drug-likeness (QED) is 0.529. The number of rotatable bonds is 1. The molecule has 0 heterocycles. The molecule has 0 aliphatic heterocycles. The van der Waals surface area contributed by atoms with Crippen LogP contribution in [-0.2, 0) is 0 Å². The third-order valence-electron chi connectivity index (χ3n) is 6.40. The first-order valence-corrected chi connectivity index (χ1v) is 6.15. The molecule has 1 fully saturated rings. The minimum absolute atomic E-state index is 0.270. The summed E-state index contributed by atoms with van der Waals surface area (Å²) in [5.41, 5.74) is 1.32. The van der Waals surface area contributed by atoms with Crippen LogP contribution in [0, 0.1) is 21.7 Å². The van der Waals surface area contributed by atoms with Crippen molar-refractivity contribution in [1.82, 2.24) is 0 Å². The highest BCUT2D eigenvalue weighted by molar-refractivity contribution is 5.13. The molecule has 0 aromatic heterocycles. The fraction of sp³-hybridized carbons (Fsp3) is 0.867. The van der Waals surface area contributed by atoms with Crippen molar-refractivity contribution in [3.05, 3.63) is 12.7 Å². The van der Waals surface area contributed by atoms with Gasteiger partial charge in [0.15, 0.2) is 0 Å². The molecule has 0 aromatic carbocycles. The van der Waals surface area contributed by atoms with Crippen LogP contribution < -0.4 is 0 Å². The van der Waals surface area contributed by atoms with E-state index in [1.54, 1.807) is 0 Å². The Kier molecular flexibility index (Phi) is 2.66. The zero-order valence-electron chi connectivity index (χ0n) is 11.7. The molecule has 88 valence electrons. The summed E-state index contributed by atoms with van der Waals surface area (Å²) >= 11 is 0. The summed E-state index contributed by atoms with van der Waals surface area (Å²) in [6, 6.07) is 0. The van der Waals surface area contributed by atoms with Gasteiger partial charge >= 0.3 is 0 Å². The van der Waals surface area contributed by atoms with Gasteiger partial charge in [0.1, 0.15) is 0 Å². The summed E-state index contributed by atoms with van der Waals surface area (Å²) in [5, 5.41) is 0. The van der Waals surface area contributed by atoms with Crippen LogP contribution in [0.4, 0.5) is 0 Å². The van der Waals surface area contributed by atoms with Crippen LogP contribution >= 0.6 is 0 Å². The Hall–Kier alpha value is -0.260. The first kappa shape index (κ1) is 12.8. The highest BCUT2D eigenvalue weighted by atomic mass is 14.6. The lowest BCUT2D eigenvalue weighted by Gasteiger charge is -2.63. The molecule has 0 amide bonds. The van der Waals surface area contributed by atoms with E-state index < -0.39 is 0 Å². The molecule has 0 heteroatoms. The Balaban J connectivity index is 3.27. The van der Waals surface area contributed by atoms with Crippen LogP contribution in [0.3, 0.4) is 0 Å².